The second kappa shape index (κ2) is 7.26. The molecule has 7 nitrogen and oxygen atoms in total. The molecule has 0 bridgehead atoms. The van der Waals surface area contributed by atoms with Crippen LogP contribution in [0.1, 0.15) is 23.7 Å². The van der Waals surface area contributed by atoms with Crippen molar-refractivity contribution in [3.05, 3.63) is 54.1 Å². The zero-order valence-corrected chi connectivity index (χ0v) is 12.1. The van der Waals surface area contributed by atoms with E-state index < -0.39 is 18.1 Å². The van der Waals surface area contributed by atoms with Gasteiger partial charge in [0.2, 0.25) is 0 Å². The first-order chi connectivity index (χ1) is 10.6. The molecule has 1 aromatic heterocycles. The first kappa shape index (κ1) is 15.6. The second-order valence-corrected chi connectivity index (χ2v) is 4.79. The number of ether oxygens (including phenoxy) is 1. The largest absolute Gasteiger partial charge is 0.481 e. The van der Waals surface area contributed by atoms with E-state index in [1.165, 1.54) is 6.20 Å². The number of alkyl carbamates (subject to hydrolysis) is 1. The normalized spacial score (nSPS) is 11.7. The minimum Gasteiger partial charge on any atom is -0.481 e. The fraction of sp³-hybridized carbons (Fsp3) is 0.267. The average Bonchev–Trinajstić information content (AvgIpc) is 2.91. The Morgan fingerprint density at radius 3 is 2.68 bits per heavy atom. The second-order valence-electron chi connectivity index (χ2n) is 4.79. The first-order valence-corrected chi connectivity index (χ1v) is 6.71. The number of amides is 1. The maximum atomic E-state index is 11.9. The molecule has 0 spiro atoms. The molecule has 0 aliphatic heterocycles. The van der Waals surface area contributed by atoms with Crippen molar-refractivity contribution in [3.8, 4) is 0 Å². The van der Waals surface area contributed by atoms with Crippen molar-refractivity contribution in [1.82, 2.24) is 14.9 Å². The van der Waals surface area contributed by atoms with Gasteiger partial charge < -0.3 is 19.7 Å². The van der Waals surface area contributed by atoms with Gasteiger partial charge in [-0.2, -0.15) is 0 Å². The van der Waals surface area contributed by atoms with Crippen molar-refractivity contribution in [2.24, 2.45) is 7.05 Å². The van der Waals surface area contributed by atoms with Crippen LogP contribution in [0.25, 0.3) is 0 Å². The summed E-state index contributed by atoms with van der Waals surface area (Å²) >= 11 is 0. The summed E-state index contributed by atoms with van der Waals surface area (Å²) in [6.07, 6.45) is 2.14. The Labute approximate surface area is 127 Å². The molecular formula is C15H17N3O4. The molecule has 1 heterocycles. The van der Waals surface area contributed by atoms with E-state index in [0.29, 0.717) is 5.69 Å². The van der Waals surface area contributed by atoms with Crippen LogP contribution < -0.4 is 5.32 Å². The molecule has 0 aliphatic carbocycles. The Hall–Kier alpha value is -2.83. The number of nitrogens with zero attached hydrogens (tertiary/aromatic N) is 2. The summed E-state index contributed by atoms with van der Waals surface area (Å²) in [7, 11) is 1.73. The Morgan fingerprint density at radius 1 is 1.36 bits per heavy atom. The Kier molecular flexibility index (Phi) is 5.13. The van der Waals surface area contributed by atoms with Gasteiger partial charge in [-0.3, -0.25) is 4.79 Å². The van der Waals surface area contributed by atoms with E-state index in [1.807, 2.05) is 30.3 Å². The molecule has 1 unspecified atom stereocenters. The van der Waals surface area contributed by atoms with Gasteiger partial charge in [-0.05, 0) is 5.56 Å². The summed E-state index contributed by atoms with van der Waals surface area (Å²) in [6.45, 7) is 0.123. The standard InChI is InChI=1S/C15H17N3O4/c1-18-10-16-8-13(18)12(7-14(19)20)17-15(21)22-9-11-5-3-2-4-6-11/h2-6,8,10,12H,7,9H2,1H3,(H,17,21)(H,19,20). The predicted molar refractivity (Wildman–Crippen MR) is 78.0 cm³/mol. The molecule has 0 fully saturated rings. The topological polar surface area (TPSA) is 93.5 Å². The third-order valence-electron chi connectivity index (χ3n) is 3.09. The summed E-state index contributed by atoms with van der Waals surface area (Å²) in [6, 6.07) is 8.54. The Balaban J connectivity index is 1.96. The number of aliphatic carboxylic acids is 1. The highest BCUT2D eigenvalue weighted by atomic mass is 16.5. The number of imidazole rings is 1. The van der Waals surface area contributed by atoms with Crippen LogP contribution in [-0.2, 0) is 23.2 Å². The van der Waals surface area contributed by atoms with Gasteiger partial charge in [0.1, 0.15) is 6.61 Å². The van der Waals surface area contributed by atoms with Crippen molar-refractivity contribution in [1.29, 1.82) is 0 Å². The van der Waals surface area contributed by atoms with Crippen molar-refractivity contribution in [2.75, 3.05) is 0 Å². The number of hydrogen-bond donors (Lipinski definition) is 2. The number of aryl methyl sites for hydroxylation is 1. The van der Waals surface area contributed by atoms with Gasteiger partial charge in [0.25, 0.3) is 0 Å². The SMILES string of the molecule is Cn1cncc1C(CC(=O)O)NC(=O)OCc1ccccc1. The van der Waals surface area contributed by atoms with E-state index in [-0.39, 0.29) is 13.0 Å². The van der Waals surface area contributed by atoms with Gasteiger partial charge in [0.15, 0.2) is 0 Å². The molecule has 116 valence electrons. The van der Waals surface area contributed by atoms with Crippen LogP contribution in [0.5, 0.6) is 0 Å². The molecule has 2 aromatic rings. The van der Waals surface area contributed by atoms with Gasteiger partial charge in [-0.25, -0.2) is 9.78 Å². The van der Waals surface area contributed by atoms with Crippen LogP contribution in [0.2, 0.25) is 0 Å². The minimum atomic E-state index is -1.02. The van der Waals surface area contributed by atoms with Gasteiger partial charge in [0, 0.05) is 7.05 Å². The smallest absolute Gasteiger partial charge is 0.408 e. The fourth-order valence-corrected chi connectivity index (χ4v) is 2.01. The molecule has 1 atom stereocenters. The maximum Gasteiger partial charge on any atom is 0.408 e. The lowest BCUT2D eigenvalue weighted by Gasteiger charge is -2.17. The zero-order chi connectivity index (χ0) is 15.9. The van der Waals surface area contributed by atoms with Crippen molar-refractivity contribution in [3.63, 3.8) is 0 Å². The van der Waals surface area contributed by atoms with E-state index in [9.17, 15) is 9.59 Å². The number of carboxylic acids is 1. The number of carbonyl (C=O) groups is 2. The molecule has 2 N–H and O–H groups in total. The summed E-state index contributed by atoms with van der Waals surface area (Å²) in [5.41, 5.74) is 1.45. The third kappa shape index (κ3) is 4.34. The van der Waals surface area contributed by atoms with Crippen LogP contribution in [0.4, 0.5) is 4.79 Å². The quantitative estimate of drug-likeness (QED) is 0.849. The monoisotopic (exact) mass is 303 g/mol. The number of aromatic nitrogens is 2. The molecule has 7 heteroatoms. The number of carboxylic acid groups (broad SMARTS) is 1. The van der Waals surface area contributed by atoms with Crippen molar-refractivity contribution < 1.29 is 19.4 Å². The molecule has 2 rings (SSSR count). The van der Waals surface area contributed by atoms with E-state index >= 15 is 0 Å². The van der Waals surface area contributed by atoms with Crippen LogP contribution in [0.3, 0.4) is 0 Å². The Bertz CT molecular complexity index is 639. The molecule has 0 radical (unpaired) electrons. The summed E-state index contributed by atoms with van der Waals surface area (Å²) in [5.74, 6) is -1.02. The molecule has 0 saturated carbocycles. The van der Waals surface area contributed by atoms with Crippen LogP contribution in [-0.4, -0.2) is 26.7 Å². The van der Waals surface area contributed by atoms with E-state index in [1.54, 1.807) is 17.9 Å². The highest BCUT2D eigenvalue weighted by Crippen LogP contribution is 2.16. The first-order valence-electron chi connectivity index (χ1n) is 6.71. The average molecular weight is 303 g/mol. The molecule has 1 amide bonds. The van der Waals surface area contributed by atoms with E-state index in [0.717, 1.165) is 5.56 Å². The molecular weight excluding hydrogens is 286 g/mol. The maximum absolute atomic E-state index is 11.9. The number of hydrogen-bond acceptors (Lipinski definition) is 4. The number of carbonyl (C=O) groups excluding carboxylic acids is 1. The third-order valence-corrected chi connectivity index (χ3v) is 3.09. The lowest BCUT2D eigenvalue weighted by molar-refractivity contribution is -0.137. The molecule has 0 aliphatic rings. The number of rotatable bonds is 6. The lowest BCUT2D eigenvalue weighted by atomic mass is 10.1. The van der Waals surface area contributed by atoms with E-state index in [2.05, 4.69) is 10.3 Å². The van der Waals surface area contributed by atoms with Gasteiger partial charge in [-0.15, -0.1) is 0 Å². The van der Waals surface area contributed by atoms with Gasteiger partial charge in [0.05, 0.1) is 30.7 Å². The minimum absolute atomic E-state index is 0.123. The van der Waals surface area contributed by atoms with E-state index in [4.69, 9.17) is 9.84 Å². The van der Waals surface area contributed by atoms with Crippen LogP contribution >= 0.6 is 0 Å². The lowest BCUT2D eigenvalue weighted by Crippen LogP contribution is -2.31. The van der Waals surface area contributed by atoms with Crippen LogP contribution in [0.15, 0.2) is 42.9 Å². The van der Waals surface area contributed by atoms with Gasteiger partial charge >= 0.3 is 12.1 Å². The zero-order valence-electron chi connectivity index (χ0n) is 12.1. The summed E-state index contributed by atoms with van der Waals surface area (Å²) < 4.78 is 6.76. The molecule has 0 saturated heterocycles. The van der Waals surface area contributed by atoms with Crippen molar-refractivity contribution >= 4 is 12.1 Å². The molecule has 22 heavy (non-hydrogen) atoms. The highest BCUT2D eigenvalue weighted by molar-refractivity contribution is 5.71. The predicted octanol–water partition coefficient (Wildman–Crippen LogP) is 1.86. The summed E-state index contributed by atoms with van der Waals surface area (Å²) in [5, 5.41) is 11.5. The number of nitrogens with one attached hydrogen (secondary N) is 1. The highest BCUT2D eigenvalue weighted by Gasteiger charge is 2.21. The fourth-order valence-electron chi connectivity index (χ4n) is 2.01. The summed E-state index contributed by atoms with van der Waals surface area (Å²) in [4.78, 5) is 26.7. The number of benzene rings is 1. The van der Waals surface area contributed by atoms with Crippen LogP contribution in [0, 0.1) is 0 Å². The Morgan fingerprint density at radius 2 is 2.09 bits per heavy atom. The van der Waals surface area contributed by atoms with Gasteiger partial charge in [-0.1, -0.05) is 30.3 Å². The molecule has 1 aromatic carbocycles. The van der Waals surface area contributed by atoms with Crippen molar-refractivity contribution in [2.45, 2.75) is 19.1 Å².